The molecule has 1 saturated heterocycles. The van der Waals surface area contributed by atoms with E-state index >= 15 is 0 Å². The predicted molar refractivity (Wildman–Crippen MR) is 70.7 cm³/mol. The van der Waals surface area contributed by atoms with Crippen LogP contribution in [0.3, 0.4) is 0 Å². The summed E-state index contributed by atoms with van der Waals surface area (Å²) in [5.41, 5.74) is -0.854. The molecule has 0 spiro atoms. The van der Waals surface area contributed by atoms with Gasteiger partial charge in [-0.05, 0) is 37.6 Å². The second-order valence-electron chi connectivity index (χ2n) is 4.68. The highest BCUT2D eigenvalue weighted by Gasteiger charge is 2.33. The number of nitrogens with one attached hydrogen (secondary N) is 2. The van der Waals surface area contributed by atoms with Gasteiger partial charge < -0.3 is 10.6 Å². The molecule has 1 amide bonds. The Morgan fingerprint density at radius 2 is 2.10 bits per heavy atom. The van der Waals surface area contributed by atoms with Crippen LogP contribution in [-0.4, -0.2) is 18.5 Å². The van der Waals surface area contributed by atoms with Crippen LogP contribution in [0.2, 0.25) is 5.02 Å². The highest BCUT2D eigenvalue weighted by Crippen LogP contribution is 2.36. The highest BCUT2D eigenvalue weighted by molar-refractivity contribution is 6.31. The number of carbonyl (C=O) groups is 1. The van der Waals surface area contributed by atoms with E-state index in [1.807, 2.05) is 0 Å². The van der Waals surface area contributed by atoms with Gasteiger partial charge in [0.05, 0.1) is 16.6 Å². The van der Waals surface area contributed by atoms with Crippen LogP contribution in [-0.2, 0) is 11.0 Å². The Kier molecular flexibility index (Phi) is 4.55. The van der Waals surface area contributed by atoms with Crippen LogP contribution in [0, 0.1) is 0 Å². The number of amides is 1. The van der Waals surface area contributed by atoms with E-state index in [-0.39, 0.29) is 22.7 Å². The average Bonchev–Trinajstić information content (AvgIpc) is 2.40. The molecule has 1 aromatic rings. The molecule has 3 nitrogen and oxygen atoms in total. The van der Waals surface area contributed by atoms with Crippen LogP contribution >= 0.6 is 11.6 Å². The third-order valence-electron chi connectivity index (χ3n) is 3.17. The second-order valence-corrected chi connectivity index (χ2v) is 5.09. The van der Waals surface area contributed by atoms with Crippen molar-refractivity contribution >= 4 is 23.2 Å². The topological polar surface area (TPSA) is 41.1 Å². The van der Waals surface area contributed by atoms with Gasteiger partial charge in [0.25, 0.3) is 0 Å². The third kappa shape index (κ3) is 3.64. The Morgan fingerprint density at radius 3 is 2.70 bits per heavy atom. The van der Waals surface area contributed by atoms with Crippen molar-refractivity contribution < 1.29 is 18.0 Å². The van der Waals surface area contributed by atoms with E-state index in [0.717, 1.165) is 31.5 Å². The van der Waals surface area contributed by atoms with Crippen molar-refractivity contribution in [1.29, 1.82) is 0 Å². The first-order chi connectivity index (χ1) is 9.38. The molecule has 1 unspecified atom stereocenters. The molecule has 20 heavy (non-hydrogen) atoms. The standard InChI is InChI=1S/C13H14ClF3N2O/c14-10-5-4-8(7-9(10)13(15,16)17)19-12(20)11-3-1-2-6-18-11/h4-5,7,11,18H,1-3,6H2,(H,19,20). The molecule has 0 saturated carbocycles. The largest absolute Gasteiger partial charge is 0.417 e. The maximum Gasteiger partial charge on any atom is 0.417 e. The number of hydrogen-bond donors (Lipinski definition) is 2. The Morgan fingerprint density at radius 1 is 1.35 bits per heavy atom. The zero-order valence-corrected chi connectivity index (χ0v) is 11.3. The van der Waals surface area contributed by atoms with Gasteiger partial charge in [0.2, 0.25) is 5.91 Å². The van der Waals surface area contributed by atoms with Crippen molar-refractivity contribution in [2.45, 2.75) is 31.5 Å². The summed E-state index contributed by atoms with van der Waals surface area (Å²) in [6.07, 6.45) is -1.92. The highest BCUT2D eigenvalue weighted by atomic mass is 35.5. The molecule has 0 bridgehead atoms. The number of halogens is 4. The van der Waals surface area contributed by atoms with Gasteiger partial charge in [-0.15, -0.1) is 0 Å². The van der Waals surface area contributed by atoms with Crippen molar-refractivity contribution in [2.24, 2.45) is 0 Å². The van der Waals surface area contributed by atoms with E-state index in [2.05, 4.69) is 10.6 Å². The van der Waals surface area contributed by atoms with E-state index in [4.69, 9.17) is 11.6 Å². The number of carbonyl (C=O) groups excluding carboxylic acids is 1. The zero-order chi connectivity index (χ0) is 14.8. The first kappa shape index (κ1) is 15.1. The lowest BCUT2D eigenvalue weighted by atomic mass is 10.0. The minimum absolute atomic E-state index is 0.0964. The fourth-order valence-electron chi connectivity index (χ4n) is 2.13. The minimum atomic E-state index is -4.54. The smallest absolute Gasteiger partial charge is 0.325 e. The number of anilines is 1. The van der Waals surface area contributed by atoms with Gasteiger partial charge in [-0.1, -0.05) is 18.0 Å². The van der Waals surface area contributed by atoms with Gasteiger partial charge in [0.15, 0.2) is 0 Å². The van der Waals surface area contributed by atoms with Crippen LogP contribution in [0.15, 0.2) is 18.2 Å². The molecule has 1 aromatic carbocycles. The third-order valence-corrected chi connectivity index (χ3v) is 3.50. The maximum atomic E-state index is 12.7. The van der Waals surface area contributed by atoms with Gasteiger partial charge in [-0.3, -0.25) is 4.79 Å². The monoisotopic (exact) mass is 306 g/mol. The maximum absolute atomic E-state index is 12.7. The first-order valence-corrected chi connectivity index (χ1v) is 6.67. The number of benzene rings is 1. The van der Waals surface area contributed by atoms with E-state index in [9.17, 15) is 18.0 Å². The van der Waals surface area contributed by atoms with Crippen LogP contribution in [0.4, 0.5) is 18.9 Å². The number of alkyl halides is 3. The fraction of sp³-hybridized carbons (Fsp3) is 0.462. The van der Waals surface area contributed by atoms with Crippen molar-refractivity contribution in [3.05, 3.63) is 28.8 Å². The van der Waals surface area contributed by atoms with Crippen LogP contribution in [0.1, 0.15) is 24.8 Å². The van der Waals surface area contributed by atoms with Gasteiger partial charge in [-0.2, -0.15) is 13.2 Å². The van der Waals surface area contributed by atoms with E-state index in [0.29, 0.717) is 6.42 Å². The molecule has 0 aliphatic carbocycles. The first-order valence-electron chi connectivity index (χ1n) is 6.29. The number of piperidine rings is 1. The molecule has 1 fully saturated rings. The molecule has 0 radical (unpaired) electrons. The number of hydrogen-bond acceptors (Lipinski definition) is 2. The molecule has 1 aliphatic heterocycles. The van der Waals surface area contributed by atoms with Gasteiger partial charge >= 0.3 is 6.18 Å². The summed E-state index contributed by atoms with van der Waals surface area (Å²) in [6, 6.07) is 2.99. The molecule has 110 valence electrons. The van der Waals surface area contributed by atoms with Gasteiger partial charge in [-0.25, -0.2) is 0 Å². The van der Waals surface area contributed by atoms with Crippen molar-refractivity contribution in [3.8, 4) is 0 Å². The van der Waals surface area contributed by atoms with E-state index in [1.165, 1.54) is 6.07 Å². The summed E-state index contributed by atoms with van der Waals surface area (Å²) in [5, 5.41) is 5.14. The summed E-state index contributed by atoms with van der Waals surface area (Å²) in [5.74, 6) is -0.319. The zero-order valence-electron chi connectivity index (χ0n) is 10.6. The Bertz CT molecular complexity index is 499. The summed E-state index contributed by atoms with van der Waals surface area (Å²) >= 11 is 5.52. The average molecular weight is 307 g/mol. The molecule has 2 rings (SSSR count). The summed E-state index contributed by atoms with van der Waals surface area (Å²) in [4.78, 5) is 11.9. The second kappa shape index (κ2) is 6.01. The van der Waals surface area contributed by atoms with Crippen molar-refractivity contribution in [3.63, 3.8) is 0 Å². The van der Waals surface area contributed by atoms with Crippen LogP contribution in [0.5, 0.6) is 0 Å². The molecule has 2 N–H and O–H groups in total. The van der Waals surface area contributed by atoms with Gasteiger partial charge in [0.1, 0.15) is 0 Å². The van der Waals surface area contributed by atoms with Crippen molar-refractivity contribution in [2.75, 3.05) is 11.9 Å². The quantitative estimate of drug-likeness (QED) is 0.879. The molecular formula is C13H14ClF3N2O. The fourth-order valence-corrected chi connectivity index (χ4v) is 2.35. The molecule has 1 heterocycles. The summed E-state index contributed by atoms with van der Waals surface area (Å²) in [6.45, 7) is 0.743. The summed E-state index contributed by atoms with van der Waals surface area (Å²) in [7, 11) is 0. The van der Waals surface area contributed by atoms with Crippen molar-refractivity contribution in [1.82, 2.24) is 5.32 Å². The Hall–Kier alpha value is -1.27. The Balaban J connectivity index is 2.11. The molecule has 1 atom stereocenters. The molecule has 1 aliphatic rings. The molecular weight excluding hydrogens is 293 g/mol. The van der Waals surface area contributed by atoms with E-state index < -0.39 is 11.7 Å². The predicted octanol–water partition coefficient (Wildman–Crippen LogP) is 3.44. The molecule has 0 aromatic heterocycles. The van der Waals surface area contributed by atoms with Crippen LogP contribution in [0.25, 0.3) is 0 Å². The lowest BCUT2D eigenvalue weighted by molar-refractivity contribution is -0.137. The lowest BCUT2D eigenvalue weighted by Gasteiger charge is -2.22. The lowest BCUT2D eigenvalue weighted by Crippen LogP contribution is -2.43. The molecule has 7 heteroatoms. The summed E-state index contributed by atoms with van der Waals surface area (Å²) < 4.78 is 38.1. The van der Waals surface area contributed by atoms with E-state index in [1.54, 1.807) is 0 Å². The normalized spacial score (nSPS) is 19.7. The SMILES string of the molecule is O=C(Nc1ccc(Cl)c(C(F)(F)F)c1)C1CCCCN1. The Labute approximate surface area is 119 Å². The van der Waals surface area contributed by atoms with Gasteiger partial charge in [0, 0.05) is 5.69 Å². The number of rotatable bonds is 2. The van der Waals surface area contributed by atoms with Crippen LogP contribution < -0.4 is 10.6 Å². The minimum Gasteiger partial charge on any atom is -0.325 e.